The second-order valence-electron chi connectivity index (χ2n) is 7.99. The second kappa shape index (κ2) is 9.85. The molecule has 0 spiro atoms. The van der Waals surface area contributed by atoms with E-state index in [1.807, 2.05) is 0 Å². The average Bonchev–Trinajstić information content (AvgIpc) is 2.85. The zero-order valence-electron chi connectivity index (χ0n) is 19.1. The topological polar surface area (TPSA) is 48.0 Å². The molecule has 0 fully saturated rings. The highest BCUT2D eigenvalue weighted by Crippen LogP contribution is 2.39. The van der Waals surface area contributed by atoms with Crippen molar-refractivity contribution in [3.8, 4) is 17.2 Å². The molecule has 9 heteroatoms. The van der Waals surface area contributed by atoms with Gasteiger partial charge in [-0.05, 0) is 60.0 Å². The summed E-state index contributed by atoms with van der Waals surface area (Å²) in [4.78, 5) is 14.8. The lowest BCUT2D eigenvalue weighted by atomic mass is 9.91. The van der Waals surface area contributed by atoms with E-state index < -0.39 is 29.5 Å². The Labute approximate surface area is 199 Å². The lowest BCUT2D eigenvalue weighted by Gasteiger charge is -2.37. The van der Waals surface area contributed by atoms with E-state index in [1.54, 1.807) is 18.2 Å². The van der Waals surface area contributed by atoms with E-state index >= 15 is 0 Å². The number of halogens is 4. The van der Waals surface area contributed by atoms with Crippen LogP contribution < -0.4 is 14.2 Å². The molecule has 3 aromatic rings. The third-order valence-electron chi connectivity index (χ3n) is 5.94. The van der Waals surface area contributed by atoms with Crippen molar-refractivity contribution in [3.05, 3.63) is 88.7 Å². The normalized spacial score (nSPS) is 15.4. The molecule has 1 aliphatic heterocycles. The number of amides is 1. The van der Waals surface area contributed by atoms with Gasteiger partial charge in [0.25, 0.3) is 5.91 Å². The number of alkyl halides is 3. The predicted molar refractivity (Wildman–Crippen MR) is 120 cm³/mol. The first-order valence-corrected chi connectivity index (χ1v) is 10.8. The van der Waals surface area contributed by atoms with Gasteiger partial charge in [-0.25, -0.2) is 4.39 Å². The van der Waals surface area contributed by atoms with E-state index in [9.17, 15) is 22.4 Å². The first-order chi connectivity index (χ1) is 16.7. The molecule has 3 aromatic carbocycles. The maximum Gasteiger partial charge on any atom is 0.416 e. The Kier molecular flexibility index (Phi) is 6.86. The minimum Gasteiger partial charge on any atom is -0.493 e. The summed E-state index contributed by atoms with van der Waals surface area (Å²) in [7, 11) is 2.98. The van der Waals surface area contributed by atoms with Gasteiger partial charge in [0.05, 0.1) is 31.4 Å². The van der Waals surface area contributed by atoms with Gasteiger partial charge in [0, 0.05) is 6.54 Å². The maximum atomic E-state index is 14.4. The lowest BCUT2D eigenvalue weighted by Crippen LogP contribution is -2.43. The van der Waals surface area contributed by atoms with Crippen molar-refractivity contribution in [1.82, 2.24) is 4.90 Å². The number of hydrogen-bond acceptors (Lipinski definition) is 4. The molecule has 1 unspecified atom stereocenters. The zero-order chi connectivity index (χ0) is 25.2. The summed E-state index contributed by atoms with van der Waals surface area (Å²) in [6.45, 7) is 0.107. The van der Waals surface area contributed by atoms with E-state index in [-0.39, 0.29) is 24.5 Å². The summed E-state index contributed by atoms with van der Waals surface area (Å²) in [5.74, 6) is -0.256. The average molecular weight is 489 g/mol. The molecular formula is C26H23F4NO4. The van der Waals surface area contributed by atoms with Gasteiger partial charge in [-0.15, -0.1) is 0 Å². The SMILES string of the molecule is COc1cc2c(cc1OC)C(COc1cccc(C(F)(F)F)c1)N(C(=O)c1ccccc1F)CC2. The number of methoxy groups -OCH3 is 2. The molecule has 1 aliphatic rings. The number of carbonyl (C=O) groups is 1. The van der Waals surface area contributed by atoms with Crippen LogP contribution in [0.15, 0.2) is 60.7 Å². The van der Waals surface area contributed by atoms with E-state index in [2.05, 4.69) is 0 Å². The summed E-state index contributed by atoms with van der Waals surface area (Å²) in [5, 5.41) is 0. The van der Waals surface area contributed by atoms with E-state index in [0.29, 0.717) is 23.5 Å². The molecule has 0 bridgehead atoms. The molecule has 1 atom stereocenters. The fourth-order valence-corrected chi connectivity index (χ4v) is 4.18. The Morgan fingerprint density at radius 1 is 1.00 bits per heavy atom. The minimum absolute atomic E-state index is 0.00529. The highest BCUT2D eigenvalue weighted by molar-refractivity contribution is 5.95. The number of carbonyl (C=O) groups excluding carboxylic acids is 1. The Hall–Kier alpha value is -3.75. The molecule has 184 valence electrons. The number of hydrogen-bond donors (Lipinski definition) is 0. The molecule has 0 N–H and O–H groups in total. The molecule has 0 radical (unpaired) electrons. The van der Waals surface area contributed by atoms with Crippen molar-refractivity contribution < 1.29 is 36.6 Å². The van der Waals surface area contributed by atoms with Crippen molar-refractivity contribution in [1.29, 1.82) is 0 Å². The molecule has 0 saturated heterocycles. The van der Waals surface area contributed by atoms with Gasteiger partial charge in [-0.2, -0.15) is 13.2 Å². The number of fused-ring (bicyclic) bond motifs is 1. The van der Waals surface area contributed by atoms with E-state index in [1.165, 1.54) is 49.5 Å². The number of benzene rings is 3. The van der Waals surface area contributed by atoms with Crippen molar-refractivity contribution in [3.63, 3.8) is 0 Å². The number of rotatable bonds is 6. The van der Waals surface area contributed by atoms with Crippen LogP contribution in [0.4, 0.5) is 17.6 Å². The quantitative estimate of drug-likeness (QED) is 0.418. The van der Waals surface area contributed by atoms with Gasteiger partial charge in [0.1, 0.15) is 18.2 Å². The molecule has 4 rings (SSSR count). The predicted octanol–water partition coefficient (Wildman–Crippen LogP) is 5.68. The Morgan fingerprint density at radius 2 is 1.71 bits per heavy atom. The third-order valence-corrected chi connectivity index (χ3v) is 5.94. The van der Waals surface area contributed by atoms with Crippen LogP contribution in [-0.4, -0.2) is 38.2 Å². The van der Waals surface area contributed by atoms with Crippen LogP contribution in [0.3, 0.4) is 0 Å². The summed E-state index contributed by atoms with van der Waals surface area (Å²) in [6.07, 6.45) is -4.05. The smallest absolute Gasteiger partial charge is 0.416 e. The van der Waals surface area contributed by atoms with Gasteiger partial charge in [-0.1, -0.05) is 18.2 Å². The van der Waals surface area contributed by atoms with Crippen LogP contribution in [0.5, 0.6) is 17.2 Å². The molecular weight excluding hydrogens is 466 g/mol. The summed E-state index contributed by atoms with van der Waals surface area (Å²) in [6, 6.07) is 13.0. The van der Waals surface area contributed by atoms with Crippen LogP contribution in [0.1, 0.15) is 33.1 Å². The van der Waals surface area contributed by atoms with Crippen molar-refractivity contribution in [2.24, 2.45) is 0 Å². The minimum atomic E-state index is -4.52. The molecule has 5 nitrogen and oxygen atoms in total. The van der Waals surface area contributed by atoms with Crippen LogP contribution in [0.25, 0.3) is 0 Å². The van der Waals surface area contributed by atoms with Crippen LogP contribution in [0.2, 0.25) is 0 Å². The first kappa shape index (κ1) is 24.4. The Bertz CT molecular complexity index is 1230. The fourth-order valence-electron chi connectivity index (χ4n) is 4.18. The maximum absolute atomic E-state index is 14.4. The summed E-state index contributed by atoms with van der Waals surface area (Å²) in [5.41, 5.74) is 0.619. The van der Waals surface area contributed by atoms with E-state index in [0.717, 1.165) is 17.7 Å². The highest BCUT2D eigenvalue weighted by atomic mass is 19.4. The molecule has 0 aromatic heterocycles. The Morgan fingerprint density at radius 3 is 2.40 bits per heavy atom. The molecule has 0 saturated carbocycles. The monoisotopic (exact) mass is 489 g/mol. The summed E-state index contributed by atoms with van der Waals surface area (Å²) < 4.78 is 70.4. The van der Waals surface area contributed by atoms with Crippen LogP contribution >= 0.6 is 0 Å². The zero-order valence-corrected chi connectivity index (χ0v) is 19.1. The molecule has 35 heavy (non-hydrogen) atoms. The largest absolute Gasteiger partial charge is 0.493 e. The second-order valence-corrected chi connectivity index (χ2v) is 7.99. The summed E-state index contributed by atoms with van der Waals surface area (Å²) >= 11 is 0. The molecule has 1 heterocycles. The third kappa shape index (κ3) is 5.03. The van der Waals surface area contributed by atoms with Crippen molar-refractivity contribution >= 4 is 5.91 Å². The molecule has 1 amide bonds. The Balaban J connectivity index is 1.71. The lowest BCUT2D eigenvalue weighted by molar-refractivity contribution is -0.137. The first-order valence-electron chi connectivity index (χ1n) is 10.8. The van der Waals surface area contributed by atoms with Crippen LogP contribution in [-0.2, 0) is 12.6 Å². The van der Waals surface area contributed by atoms with Crippen molar-refractivity contribution in [2.45, 2.75) is 18.6 Å². The van der Waals surface area contributed by atoms with Gasteiger partial charge in [0.2, 0.25) is 0 Å². The van der Waals surface area contributed by atoms with Gasteiger partial charge < -0.3 is 19.1 Å². The van der Waals surface area contributed by atoms with Crippen molar-refractivity contribution in [2.75, 3.05) is 27.4 Å². The number of nitrogens with zero attached hydrogens (tertiary/aromatic N) is 1. The van der Waals surface area contributed by atoms with Gasteiger partial charge >= 0.3 is 6.18 Å². The number of ether oxygens (including phenoxy) is 3. The van der Waals surface area contributed by atoms with Gasteiger partial charge in [0.15, 0.2) is 11.5 Å². The van der Waals surface area contributed by atoms with Crippen LogP contribution in [0, 0.1) is 5.82 Å². The van der Waals surface area contributed by atoms with E-state index in [4.69, 9.17) is 14.2 Å². The molecule has 0 aliphatic carbocycles. The fraction of sp³-hybridized carbons (Fsp3) is 0.269. The highest BCUT2D eigenvalue weighted by Gasteiger charge is 2.35. The standard InChI is InChI=1S/C26H23F4NO4/c1-33-23-12-16-10-11-31(25(32)19-8-3-4-9-21(19)27)22(20(16)14-24(23)34-2)15-35-18-7-5-6-17(13-18)26(28,29)30/h3-9,12-14,22H,10-11,15H2,1-2H3. The van der Waals surface area contributed by atoms with Gasteiger partial charge in [-0.3, -0.25) is 4.79 Å².